The van der Waals surface area contributed by atoms with E-state index >= 15 is 0 Å². The number of sulfonamides is 1. The van der Waals surface area contributed by atoms with Gasteiger partial charge in [-0.15, -0.1) is 5.10 Å². The summed E-state index contributed by atoms with van der Waals surface area (Å²) in [6.45, 7) is 0.206. The lowest BCUT2D eigenvalue weighted by Crippen LogP contribution is -2.27. The van der Waals surface area contributed by atoms with Crippen molar-refractivity contribution in [1.29, 1.82) is 0 Å². The van der Waals surface area contributed by atoms with Crippen molar-refractivity contribution in [2.75, 3.05) is 19.8 Å². The summed E-state index contributed by atoms with van der Waals surface area (Å²) in [6.07, 6.45) is 0.294. The molecule has 0 amide bonds. The summed E-state index contributed by atoms with van der Waals surface area (Å²) >= 11 is 0. The van der Waals surface area contributed by atoms with E-state index in [0.29, 0.717) is 12.2 Å². The summed E-state index contributed by atoms with van der Waals surface area (Å²) < 4.78 is 31.4. The Balaban J connectivity index is 2.05. The molecule has 2 rings (SSSR count). The van der Waals surface area contributed by atoms with Gasteiger partial charge >= 0.3 is 0 Å². The third-order valence-corrected chi connectivity index (χ3v) is 5.05. The summed E-state index contributed by atoms with van der Waals surface area (Å²) in [7, 11) is -0.320. The van der Waals surface area contributed by atoms with Crippen LogP contribution in [0.4, 0.5) is 0 Å². The molecule has 0 aliphatic heterocycles. The number of nitrogens with zero attached hydrogens (tertiary/aromatic N) is 3. The summed E-state index contributed by atoms with van der Waals surface area (Å²) in [5.41, 5.74) is -0.298. The maximum atomic E-state index is 11.8. The fourth-order valence-corrected chi connectivity index (χ4v) is 2.69. The smallest absolute Gasteiger partial charge is 0.266 e. The van der Waals surface area contributed by atoms with E-state index in [4.69, 9.17) is 4.74 Å². The van der Waals surface area contributed by atoms with E-state index in [1.54, 1.807) is 12.1 Å². The molecule has 2 aromatic rings. The Morgan fingerprint density at radius 2 is 1.83 bits per heavy atom. The van der Waals surface area contributed by atoms with Gasteiger partial charge in [-0.1, -0.05) is 18.2 Å². The van der Waals surface area contributed by atoms with Crippen LogP contribution in [0.3, 0.4) is 0 Å². The van der Waals surface area contributed by atoms with Crippen LogP contribution in [-0.2, 0) is 16.6 Å². The maximum absolute atomic E-state index is 11.8. The van der Waals surface area contributed by atoms with Gasteiger partial charge in [0, 0.05) is 32.8 Å². The first-order chi connectivity index (χ1) is 10.9. The molecule has 1 heterocycles. The molecule has 0 saturated heterocycles. The van der Waals surface area contributed by atoms with E-state index < -0.39 is 10.0 Å². The molecule has 23 heavy (non-hydrogen) atoms. The highest BCUT2D eigenvalue weighted by molar-refractivity contribution is 7.89. The number of rotatable bonds is 7. The van der Waals surface area contributed by atoms with Crippen molar-refractivity contribution >= 4 is 10.0 Å². The molecule has 7 nitrogen and oxygen atoms in total. The number of benzene rings is 1. The molecular formula is C15H19N3O4S. The van der Waals surface area contributed by atoms with Crippen molar-refractivity contribution in [1.82, 2.24) is 14.1 Å². The van der Waals surface area contributed by atoms with Crippen LogP contribution in [0.15, 0.2) is 47.3 Å². The predicted octanol–water partition coefficient (Wildman–Crippen LogP) is 1.32. The first kappa shape index (κ1) is 17.2. The minimum atomic E-state index is -3.28. The summed E-state index contributed by atoms with van der Waals surface area (Å²) in [5.74, 6) is 0.851. The van der Waals surface area contributed by atoms with Crippen LogP contribution < -0.4 is 10.3 Å². The second-order valence-corrected chi connectivity index (χ2v) is 7.40. The van der Waals surface area contributed by atoms with Gasteiger partial charge in [0.15, 0.2) is 0 Å². The second kappa shape index (κ2) is 7.38. The maximum Gasteiger partial charge on any atom is 0.266 e. The third-order valence-electron chi connectivity index (χ3n) is 3.14. The first-order valence-electron chi connectivity index (χ1n) is 7.10. The Morgan fingerprint density at radius 1 is 1.13 bits per heavy atom. The van der Waals surface area contributed by atoms with Gasteiger partial charge in [0.25, 0.3) is 5.56 Å². The predicted molar refractivity (Wildman–Crippen MR) is 87.1 cm³/mol. The number of aryl methyl sites for hydroxylation is 1. The lowest BCUT2D eigenvalue weighted by molar-refractivity contribution is 0.426. The van der Waals surface area contributed by atoms with E-state index in [9.17, 15) is 13.2 Å². The van der Waals surface area contributed by atoms with Gasteiger partial charge in [0.2, 0.25) is 15.9 Å². The first-order valence-corrected chi connectivity index (χ1v) is 8.71. The Hall–Kier alpha value is -2.19. The largest absolute Gasteiger partial charge is 0.438 e. The van der Waals surface area contributed by atoms with Crippen molar-refractivity contribution < 1.29 is 13.2 Å². The van der Waals surface area contributed by atoms with Crippen LogP contribution >= 0.6 is 0 Å². The summed E-state index contributed by atoms with van der Waals surface area (Å²) in [6, 6.07) is 11.9. The molecule has 0 N–H and O–H groups in total. The van der Waals surface area contributed by atoms with Gasteiger partial charge in [-0.05, 0) is 18.6 Å². The van der Waals surface area contributed by atoms with Gasteiger partial charge in [-0.25, -0.2) is 17.4 Å². The summed E-state index contributed by atoms with van der Waals surface area (Å²) in [5, 5.41) is 4.11. The van der Waals surface area contributed by atoms with Crippen LogP contribution in [0.25, 0.3) is 0 Å². The van der Waals surface area contributed by atoms with E-state index in [-0.39, 0.29) is 23.7 Å². The Bertz CT molecular complexity index is 801. The molecule has 0 aliphatic rings. The van der Waals surface area contributed by atoms with Gasteiger partial charge in [-0.3, -0.25) is 4.79 Å². The molecule has 0 bridgehead atoms. The van der Waals surface area contributed by atoms with Crippen molar-refractivity contribution in [3.05, 3.63) is 52.8 Å². The average Bonchev–Trinajstić information content (AvgIpc) is 2.51. The molecule has 0 radical (unpaired) electrons. The van der Waals surface area contributed by atoms with Crippen molar-refractivity contribution in [2.24, 2.45) is 0 Å². The molecule has 0 spiro atoms. The van der Waals surface area contributed by atoms with Gasteiger partial charge in [0.05, 0.1) is 5.75 Å². The van der Waals surface area contributed by atoms with E-state index in [2.05, 4.69) is 5.10 Å². The van der Waals surface area contributed by atoms with Crippen molar-refractivity contribution in [3.63, 3.8) is 0 Å². The van der Waals surface area contributed by atoms with Crippen LogP contribution in [0.5, 0.6) is 11.6 Å². The Morgan fingerprint density at radius 3 is 2.48 bits per heavy atom. The fourth-order valence-electron chi connectivity index (χ4n) is 1.83. The molecule has 8 heteroatoms. The topological polar surface area (TPSA) is 81.5 Å². The highest BCUT2D eigenvalue weighted by Gasteiger charge is 2.13. The van der Waals surface area contributed by atoms with Crippen LogP contribution in [0.2, 0.25) is 0 Å². The monoisotopic (exact) mass is 337 g/mol. The molecular weight excluding hydrogens is 318 g/mol. The Labute approximate surface area is 135 Å². The molecule has 1 aromatic carbocycles. The van der Waals surface area contributed by atoms with Crippen LogP contribution in [0, 0.1) is 0 Å². The summed E-state index contributed by atoms with van der Waals surface area (Å²) in [4.78, 5) is 11.8. The standard InChI is InChI=1S/C15H19N3O4S/c1-17(2)23(20,21)12-6-11-18-15(19)10-9-14(16-18)22-13-7-4-3-5-8-13/h3-5,7-10H,6,11-12H2,1-2H3. The highest BCUT2D eigenvalue weighted by Crippen LogP contribution is 2.16. The van der Waals surface area contributed by atoms with Crippen LogP contribution in [0.1, 0.15) is 6.42 Å². The molecule has 0 saturated carbocycles. The normalized spacial score (nSPS) is 11.6. The number of aromatic nitrogens is 2. The van der Waals surface area contributed by atoms with Crippen molar-refractivity contribution in [3.8, 4) is 11.6 Å². The molecule has 0 aliphatic carbocycles. The quantitative estimate of drug-likeness (QED) is 0.761. The zero-order valence-corrected chi connectivity index (χ0v) is 13.9. The number of ether oxygens (including phenoxy) is 1. The third kappa shape index (κ3) is 4.90. The number of para-hydroxylation sites is 1. The number of hydrogen-bond donors (Lipinski definition) is 0. The van der Waals surface area contributed by atoms with Crippen LogP contribution in [-0.4, -0.2) is 42.4 Å². The minimum Gasteiger partial charge on any atom is -0.438 e. The SMILES string of the molecule is CN(C)S(=O)(=O)CCCn1nc(Oc2ccccc2)ccc1=O. The second-order valence-electron chi connectivity index (χ2n) is 5.10. The molecule has 1 aromatic heterocycles. The molecule has 0 unspecified atom stereocenters. The lowest BCUT2D eigenvalue weighted by atomic mass is 10.3. The molecule has 0 fully saturated rings. The number of hydrogen-bond acceptors (Lipinski definition) is 5. The highest BCUT2D eigenvalue weighted by atomic mass is 32.2. The zero-order chi connectivity index (χ0) is 16.9. The van der Waals surface area contributed by atoms with Gasteiger partial charge < -0.3 is 4.74 Å². The Kier molecular flexibility index (Phi) is 5.51. The lowest BCUT2D eigenvalue weighted by Gasteiger charge is -2.11. The fraction of sp³-hybridized carbons (Fsp3) is 0.333. The average molecular weight is 337 g/mol. The van der Waals surface area contributed by atoms with E-state index in [0.717, 1.165) is 4.31 Å². The minimum absolute atomic E-state index is 0.0438. The van der Waals surface area contributed by atoms with E-state index in [1.807, 2.05) is 18.2 Å². The van der Waals surface area contributed by atoms with Crippen molar-refractivity contribution in [2.45, 2.75) is 13.0 Å². The van der Waals surface area contributed by atoms with Gasteiger partial charge in [-0.2, -0.15) is 0 Å². The molecule has 0 atom stereocenters. The van der Waals surface area contributed by atoms with E-state index in [1.165, 1.54) is 30.9 Å². The molecule has 124 valence electrons. The zero-order valence-electron chi connectivity index (χ0n) is 13.0. The van der Waals surface area contributed by atoms with Gasteiger partial charge in [0.1, 0.15) is 5.75 Å².